The molecule has 0 amide bonds. The van der Waals surface area contributed by atoms with E-state index in [1.54, 1.807) is 0 Å². The summed E-state index contributed by atoms with van der Waals surface area (Å²) < 4.78 is 11.9. The first kappa shape index (κ1) is 22.6. The largest absolute Gasteiger partial charge is 0.487 e. The highest BCUT2D eigenvalue weighted by Gasteiger charge is 2.43. The summed E-state index contributed by atoms with van der Waals surface area (Å²) in [6.45, 7) is 8.45. The fraction of sp³-hybridized carbons (Fsp3) is 0.682. The van der Waals surface area contributed by atoms with E-state index >= 15 is 0 Å². The number of hydrogen-bond acceptors (Lipinski definition) is 4. The second-order valence-corrected chi connectivity index (χ2v) is 8.15. The molecule has 1 unspecified atom stereocenters. The molecule has 162 valence electrons. The number of benzene rings is 1. The molecule has 0 aromatic heterocycles. The van der Waals surface area contributed by atoms with Gasteiger partial charge in [-0.2, -0.15) is 0 Å². The van der Waals surface area contributed by atoms with Crippen LogP contribution < -0.4 is 15.4 Å². The van der Waals surface area contributed by atoms with Crippen molar-refractivity contribution in [2.24, 2.45) is 4.99 Å². The second kappa shape index (κ2) is 10.8. The molecule has 1 aromatic carbocycles. The Labute approximate surface area is 191 Å². The molecule has 3 aliphatic rings. The number of nitrogens with zero attached hydrogens (tertiary/aromatic N) is 2. The van der Waals surface area contributed by atoms with Crippen molar-refractivity contribution in [2.75, 3.05) is 45.9 Å². The quantitative estimate of drug-likeness (QED) is 0.359. The molecule has 2 heterocycles. The molecule has 1 aromatic rings. The smallest absolute Gasteiger partial charge is 0.191 e. The van der Waals surface area contributed by atoms with Gasteiger partial charge in [-0.3, -0.25) is 9.89 Å². The summed E-state index contributed by atoms with van der Waals surface area (Å²) in [4.78, 5) is 7.29. The third kappa shape index (κ3) is 5.76. The molecule has 1 aliphatic carbocycles. The van der Waals surface area contributed by atoms with E-state index in [2.05, 4.69) is 46.7 Å². The third-order valence-corrected chi connectivity index (χ3v) is 6.16. The first-order valence-electron chi connectivity index (χ1n) is 10.9. The van der Waals surface area contributed by atoms with Crippen LogP contribution in [0.3, 0.4) is 0 Å². The standard InChI is InChI=1S/C22H34N4O2.HI/c1-2-23-21(24-11-12-26-13-15-27-16-14-26)25-19-17-22(9-5-6-10-22)28-20-8-4-3-7-18(19)20;/h3-4,7-8,19H,2,5-6,9-17H2,1H3,(H2,23,24,25);1H. The van der Waals surface area contributed by atoms with Gasteiger partial charge < -0.3 is 20.1 Å². The molecule has 2 fully saturated rings. The number of hydrogen-bond donors (Lipinski definition) is 2. The lowest BCUT2D eigenvalue weighted by atomic mass is 9.86. The van der Waals surface area contributed by atoms with Crippen LogP contribution >= 0.6 is 24.0 Å². The van der Waals surface area contributed by atoms with Crippen LogP contribution in [0.1, 0.15) is 50.6 Å². The highest BCUT2D eigenvalue weighted by Crippen LogP contribution is 2.46. The fourth-order valence-electron chi connectivity index (χ4n) is 4.69. The lowest BCUT2D eigenvalue weighted by Gasteiger charge is -2.40. The van der Waals surface area contributed by atoms with Gasteiger partial charge in [0.2, 0.25) is 0 Å². The van der Waals surface area contributed by atoms with Gasteiger partial charge >= 0.3 is 0 Å². The van der Waals surface area contributed by atoms with Crippen LogP contribution in [0.4, 0.5) is 0 Å². The van der Waals surface area contributed by atoms with Crippen molar-refractivity contribution in [2.45, 2.75) is 50.7 Å². The molecule has 2 aliphatic heterocycles. The van der Waals surface area contributed by atoms with E-state index in [0.717, 1.165) is 76.9 Å². The highest BCUT2D eigenvalue weighted by molar-refractivity contribution is 14.0. The lowest BCUT2D eigenvalue weighted by Crippen LogP contribution is -2.47. The van der Waals surface area contributed by atoms with Crippen LogP contribution in [0, 0.1) is 0 Å². The zero-order valence-corrected chi connectivity index (χ0v) is 19.8. The maximum absolute atomic E-state index is 6.49. The van der Waals surface area contributed by atoms with Crippen molar-refractivity contribution in [3.63, 3.8) is 0 Å². The fourth-order valence-corrected chi connectivity index (χ4v) is 4.69. The minimum atomic E-state index is -0.00283. The minimum Gasteiger partial charge on any atom is -0.487 e. The maximum atomic E-state index is 6.49. The Bertz CT molecular complexity index is 673. The van der Waals surface area contributed by atoms with Gasteiger partial charge in [0.25, 0.3) is 0 Å². The maximum Gasteiger partial charge on any atom is 0.191 e. The van der Waals surface area contributed by atoms with Crippen LogP contribution in [-0.4, -0.2) is 62.4 Å². The Balaban J connectivity index is 0.00000240. The van der Waals surface area contributed by atoms with Crippen molar-refractivity contribution < 1.29 is 9.47 Å². The average molecular weight is 514 g/mol. The summed E-state index contributed by atoms with van der Waals surface area (Å²) >= 11 is 0. The summed E-state index contributed by atoms with van der Waals surface area (Å²) in [6.07, 6.45) is 5.86. The summed E-state index contributed by atoms with van der Waals surface area (Å²) in [6, 6.07) is 8.72. The van der Waals surface area contributed by atoms with E-state index < -0.39 is 0 Å². The molecule has 0 radical (unpaired) electrons. The molecule has 6 nitrogen and oxygen atoms in total. The SMILES string of the molecule is CCNC(=NCCN1CCOCC1)NC1CC2(CCCC2)Oc2ccccc21.I. The van der Waals surface area contributed by atoms with Gasteiger partial charge in [0.15, 0.2) is 5.96 Å². The number of ether oxygens (including phenoxy) is 2. The summed E-state index contributed by atoms with van der Waals surface area (Å²) in [5.74, 6) is 1.95. The summed E-state index contributed by atoms with van der Waals surface area (Å²) in [5, 5.41) is 7.15. The number of morpholine rings is 1. The molecule has 0 bridgehead atoms. The number of aliphatic imine (C=N–C) groups is 1. The number of rotatable bonds is 5. The van der Waals surface area contributed by atoms with Crippen LogP contribution in [0.15, 0.2) is 29.3 Å². The Hall–Kier alpha value is -1.06. The van der Waals surface area contributed by atoms with Crippen molar-refractivity contribution in [3.05, 3.63) is 29.8 Å². The van der Waals surface area contributed by atoms with Gasteiger partial charge in [0, 0.05) is 38.2 Å². The Morgan fingerprint density at radius 3 is 2.72 bits per heavy atom. The number of guanidine groups is 1. The third-order valence-electron chi connectivity index (χ3n) is 6.16. The molecule has 7 heteroatoms. The molecular weight excluding hydrogens is 479 g/mol. The number of fused-ring (bicyclic) bond motifs is 1. The summed E-state index contributed by atoms with van der Waals surface area (Å²) in [5.41, 5.74) is 1.25. The van der Waals surface area contributed by atoms with E-state index in [4.69, 9.17) is 14.5 Å². The number of nitrogens with one attached hydrogen (secondary N) is 2. The van der Waals surface area contributed by atoms with E-state index in [-0.39, 0.29) is 35.6 Å². The van der Waals surface area contributed by atoms with Gasteiger partial charge in [0.1, 0.15) is 11.4 Å². The summed E-state index contributed by atoms with van der Waals surface area (Å²) in [7, 11) is 0. The van der Waals surface area contributed by atoms with Crippen molar-refractivity contribution >= 4 is 29.9 Å². The zero-order chi connectivity index (χ0) is 19.2. The predicted octanol–water partition coefficient (Wildman–Crippen LogP) is 3.33. The Morgan fingerprint density at radius 1 is 1.21 bits per heavy atom. The molecular formula is C22H35IN4O2. The topological polar surface area (TPSA) is 58.1 Å². The number of halogens is 1. The van der Waals surface area contributed by atoms with E-state index in [1.165, 1.54) is 18.4 Å². The van der Waals surface area contributed by atoms with E-state index in [1.807, 2.05) is 0 Å². The first-order valence-corrected chi connectivity index (χ1v) is 10.9. The molecule has 2 N–H and O–H groups in total. The predicted molar refractivity (Wildman–Crippen MR) is 127 cm³/mol. The highest BCUT2D eigenvalue weighted by atomic mass is 127. The number of para-hydroxylation sites is 1. The first-order chi connectivity index (χ1) is 13.8. The van der Waals surface area contributed by atoms with E-state index in [9.17, 15) is 0 Å². The minimum absolute atomic E-state index is 0. The van der Waals surface area contributed by atoms with Crippen LogP contribution in [0.25, 0.3) is 0 Å². The van der Waals surface area contributed by atoms with Crippen molar-refractivity contribution in [3.8, 4) is 5.75 Å². The van der Waals surface area contributed by atoms with Crippen LogP contribution in [-0.2, 0) is 4.74 Å². The molecule has 1 saturated heterocycles. The average Bonchev–Trinajstić information content (AvgIpc) is 3.16. The van der Waals surface area contributed by atoms with Gasteiger partial charge in [-0.1, -0.05) is 18.2 Å². The molecule has 1 saturated carbocycles. The molecule has 29 heavy (non-hydrogen) atoms. The van der Waals surface area contributed by atoms with Crippen LogP contribution in [0.5, 0.6) is 5.75 Å². The van der Waals surface area contributed by atoms with E-state index in [0.29, 0.717) is 0 Å². The van der Waals surface area contributed by atoms with Gasteiger partial charge in [-0.25, -0.2) is 0 Å². The van der Waals surface area contributed by atoms with Crippen LogP contribution in [0.2, 0.25) is 0 Å². The molecule has 1 atom stereocenters. The Kier molecular flexibility index (Phi) is 8.44. The van der Waals surface area contributed by atoms with Crippen molar-refractivity contribution in [1.82, 2.24) is 15.5 Å². The van der Waals surface area contributed by atoms with Gasteiger partial charge in [-0.05, 0) is 38.7 Å². The normalized spacial score (nSPS) is 23.8. The molecule has 4 rings (SSSR count). The van der Waals surface area contributed by atoms with Crippen molar-refractivity contribution in [1.29, 1.82) is 0 Å². The monoisotopic (exact) mass is 514 g/mol. The second-order valence-electron chi connectivity index (χ2n) is 8.15. The zero-order valence-electron chi connectivity index (χ0n) is 17.5. The lowest BCUT2D eigenvalue weighted by molar-refractivity contribution is 0.0391. The van der Waals surface area contributed by atoms with Gasteiger partial charge in [0.05, 0.1) is 25.8 Å². The molecule has 1 spiro atoms. The Morgan fingerprint density at radius 2 is 1.97 bits per heavy atom. The van der Waals surface area contributed by atoms with Gasteiger partial charge in [-0.15, -0.1) is 24.0 Å².